The van der Waals surface area contributed by atoms with Crippen LogP contribution in [0.1, 0.15) is 30.2 Å². The third kappa shape index (κ3) is 4.37. The number of amides is 1. The molecule has 7 nitrogen and oxygen atoms in total. The minimum atomic E-state index is -0.955. The van der Waals surface area contributed by atoms with Gasteiger partial charge in [-0.25, -0.2) is 0 Å². The van der Waals surface area contributed by atoms with Gasteiger partial charge in [0.15, 0.2) is 11.5 Å². The molecule has 2 aromatic rings. The van der Waals surface area contributed by atoms with Gasteiger partial charge in [0.25, 0.3) is 0 Å². The number of nitrogens with two attached hydrogens (primary N) is 1. The molecule has 0 aliphatic heterocycles. The van der Waals surface area contributed by atoms with E-state index in [0.717, 1.165) is 5.56 Å². The van der Waals surface area contributed by atoms with Gasteiger partial charge in [0.2, 0.25) is 11.7 Å². The van der Waals surface area contributed by atoms with Crippen LogP contribution in [0, 0.1) is 0 Å². The Labute approximate surface area is 165 Å². The monoisotopic (exact) mass is 388 g/mol. The molecule has 0 bridgehead atoms. The van der Waals surface area contributed by atoms with Gasteiger partial charge in [-0.2, -0.15) is 0 Å². The van der Waals surface area contributed by atoms with E-state index >= 15 is 0 Å². The Morgan fingerprint density at radius 1 is 1.00 bits per heavy atom. The van der Waals surface area contributed by atoms with Crippen LogP contribution in [-0.2, 0) is 4.79 Å². The van der Waals surface area contributed by atoms with Crippen LogP contribution in [0.4, 0.5) is 0 Å². The van der Waals surface area contributed by atoms with Crippen LogP contribution in [0.15, 0.2) is 42.5 Å². The molecule has 7 heteroatoms. The number of ether oxygens (including phenoxy) is 3. The molecule has 0 aliphatic carbocycles. The second-order valence-electron chi connectivity index (χ2n) is 6.48. The van der Waals surface area contributed by atoms with Gasteiger partial charge in [-0.1, -0.05) is 30.3 Å². The first kappa shape index (κ1) is 21.5. The van der Waals surface area contributed by atoms with Gasteiger partial charge in [0.05, 0.1) is 33.5 Å². The lowest BCUT2D eigenvalue weighted by Crippen LogP contribution is -2.43. The maximum absolute atomic E-state index is 13.0. The fourth-order valence-corrected chi connectivity index (χ4v) is 2.98. The number of benzene rings is 2. The average Bonchev–Trinajstić information content (AvgIpc) is 2.75. The van der Waals surface area contributed by atoms with E-state index in [1.807, 2.05) is 30.3 Å². The van der Waals surface area contributed by atoms with E-state index in [1.54, 1.807) is 26.1 Å². The minimum absolute atomic E-state index is 0.336. The molecule has 0 radical (unpaired) electrons. The quantitative estimate of drug-likeness (QED) is 0.721. The molecule has 28 heavy (non-hydrogen) atoms. The highest BCUT2D eigenvalue weighted by atomic mass is 16.5. The van der Waals surface area contributed by atoms with Gasteiger partial charge < -0.3 is 30.0 Å². The fraction of sp³-hybridized carbons (Fsp3) is 0.381. The number of hydrogen-bond acceptors (Lipinski definition) is 6. The summed E-state index contributed by atoms with van der Waals surface area (Å²) in [5.74, 6) is 0.923. The highest BCUT2D eigenvalue weighted by molar-refractivity contribution is 5.83. The Hall–Kier alpha value is -2.77. The predicted molar refractivity (Wildman–Crippen MR) is 107 cm³/mol. The normalized spacial score (nSPS) is 14.0. The van der Waals surface area contributed by atoms with Crippen LogP contribution in [0.3, 0.4) is 0 Å². The van der Waals surface area contributed by atoms with Crippen LogP contribution in [0.25, 0.3) is 0 Å². The van der Waals surface area contributed by atoms with Crippen molar-refractivity contribution in [2.75, 3.05) is 28.4 Å². The van der Waals surface area contributed by atoms with E-state index < -0.39 is 18.2 Å². The molecule has 1 amide bonds. The third-order valence-electron chi connectivity index (χ3n) is 4.87. The SMILES string of the molecule is COc1cc([C@H](N)C(=O)N(C)[C@@H](C)[C@@H](O)c2ccccc2)cc(OC)c1OC. The Balaban J connectivity index is 2.25. The van der Waals surface area contributed by atoms with Crippen molar-refractivity contribution in [2.45, 2.75) is 25.1 Å². The van der Waals surface area contributed by atoms with Crippen molar-refractivity contribution in [1.29, 1.82) is 0 Å². The van der Waals surface area contributed by atoms with E-state index in [-0.39, 0.29) is 5.91 Å². The Bertz CT molecular complexity index is 772. The molecule has 2 aromatic carbocycles. The first-order valence-corrected chi connectivity index (χ1v) is 8.90. The number of hydrogen-bond donors (Lipinski definition) is 2. The summed E-state index contributed by atoms with van der Waals surface area (Å²) < 4.78 is 16.0. The summed E-state index contributed by atoms with van der Waals surface area (Å²) in [6.45, 7) is 1.78. The molecule has 0 fully saturated rings. The van der Waals surface area contributed by atoms with Crippen molar-refractivity contribution in [1.82, 2.24) is 4.90 Å². The largest absolute Gasteiger partial charge is 0.493 e. The highest BCUT2D eigenvalue weighted by Gasteiger charge is 2.29. The predicted octanol–water partition coefficient (Wildman–Crippen LogP) is 2.29. The standard InChI is InChI=1S/C21H28N2O5/c1-13(19(24)14-9-7-6-8-10-14)23(2)21(25)18(22)15-11-16(26-3)20(28-5)17(12-15)27-4/h6-13,18-19,24H,22H2,1-5H3/t13-,18-,19+/m0/s1. The molecule has 0 heterocycles. The second-order valence-corrected chi connectivity index (χ2v) is 6.48. The number of carbonyl (C=O) groups excluding carboxylic acids is 1. The van der Waals surface area contributed by atoms with Crippen molar-refractivity contribution >= 4 is 5.91 Å². The Morgan fingerprint density at radius 2 is 1.54 bits per heavy atom. The molecule has 0 aliphatic rings. The van der Waals surface area contributed by atoms with Crippen LogP contribution < -0.4 is 19.9 Å². The summed E-state index contributed by atoms with van der Waals surface area (Å²) in [4.78, 5) is 14.4. The third-order valence-corrected chi connectivity index (χ3v) is 4.87. The molecule has 0 saturated carbocycles. The highest BCUT2D eigenvalue weighted by Crippen LogP contribution is 2.39. The van der Waals surface area contributed by atoms with E-state index in [1.165, 1.54) is 26.2 Å². The Kier molecular flexibility index (Phi) is 7.25. The van der Waals surface area contributed by atoms with Gasteiger partial charge in [0.1, 0.15) is 6.04 Å². The van der Waals surface area contributed by atoms with E-state index in [4.69, 9.17) is 19.9 Å². The molecule has 0 aromatic heterocycles. The second kappa shape index (κ2) is 9.43. The van der Waals surface area contributed by atoms with Gasteiger partial charge >= 0.3 is 0 Å². The number of aliphatic hydroxyl groups excluding tert-OH is 1. The maximum Gasteiger partial charge on any atom is 0.244 e. The minimum Gasteiger partial charge on any atom is -0.493 e. The van der Waals surface area contributed by atoms with Crippen molar-refractivity contribution in [3.05, 3.63) is 53.6 Å². The lowest BCUT2D eigenvalue weighted by atomic mass is 10.0. The van der Waals surface area contributed by atoms with Crippen LogP contribution in [0.2, 0.25) is 0 Å². The number of methoxy groups -OCH3 is 3. The number of rotatable bonds is 8. The zero-order valence-corrected chi connectivity index (χ0v) is 16.9. The Morgan fingerprint density at radius 3 is 2.00 bits per heavy atom. The summed E-state index contributed by atoms with van der Waals surface area (Å²) in [5.41, 5.74) is 7.48. The molecule has 0 unspecified atom stereocenters. The van der Waals surface area contributed by atoms with Crippen molar-refractivity contribution in [3.63, 3.8) is 0 Å². The van der Waals surface area contributed by atoms with E-state index in [0.29, 0.717) is 22.8 Å². The average molecular weight is 388 g/mol. The molecule has 2 rings (SSSR count). The summed E-state index contributed by atoms with van der Waals surface area (Å²) in [7, 11) is 6.13. The number of carbonyl (C=O) groups is 1. The molecule has 0 spiro atoms. The lowest BCUT2D eigenvalue weighted by Gasteiger charge is -2.31. The van der Waals surface area contributed by atoms with Crippen molar-refractivity contribution in [3.8, 4) is 17.2 Å². The van der Waals surface area contributed by atoms with Gasteiger partial charge in [-0.3, -0.25) is 4.79 Å². The van der Waals surface area contributed by atoms with Gasteiger partial charge in [-0.05, 0) is 30.2 Å². The molecule has 152 valence electrons. The van der Waals surface area contributed by atoms with Crippen molar-refractivity contribution in [2.24, 2.45) is 5.73 Å². The fourth-order valence-electron chi connectivity index (χ4n) is 2.98. The van der Waals surface area contributed by atoms with Crippen LogP contribution in [-0.4, -0.2) is 50.3 Å². The lowest BCUT2D eigenvalue weighted by molar-refractivity contribution is -0.135. The topological polar surface area (TPSA) is 94.3 Å². The first-order valence-electron chi connectivity index (χ1n) is 8.90. The van der Waals surface area contributed by atoms with E-state index in [9.17, 15) is 9.90 Å². The zero-order chi connectivity index (χ0) is 20.8. The molecule has 3 N–H and O–H groups in total. The molecule has 3 atom stereocenters. The smallest absolute Gasteiger partial charge is 0.244 e. The number of nitrogens with zero attached hydrogens (tertiary/aromatic N) is 1. The molecule has 0 saturated heterocycles. The van der Waals surface area contributed by atoms with E-state index in [2.05, 4.69) is 0 Å². The first-order chi connectivity index (χ1) is 13.3. The summed E-state index contributed by atoms with van der Waals surface area (Å²) in [5, 5.41) is 10.6. The van der Waals surface area contributed by atoms with Crippen molar-refractivity contribution < 1.29 is 24.1 Å². The van der Waals surface area contributed by atoms with Crippen LogP contribution >= 0.6 is 0 Å². The summed E-state index contributed by atoms with van der Waals surface area (Å²) in [6.07, 6.45) is -0.831. The maximum atomic E-state index is 13.0. The number of likely N-dealkylation sites (N-methyl/N-ethyl adjacent to an activating group) is 1. The summed E-state index contributed by atoms with van der Waals surface area (Å²) in [6, 6.07) is 11.1. The zero-order valence-electron chi connectivity index (χ0n) is 16.9. The number of aliphatic hydroxyl groups is 1. The van der Waals surface area contributed by atoms with Crippen LogP contribution in [0.5, 0.6) is 17.2 Å². The molecular formula is C21H28N2O5. The van der Waals surface area contributed by atoms with Gasteiger partial charge in [0, 0.05) is 7.05 Å². The molecular weight excluding hydrogens is 360 g/mol. The van der Waals surface area contributed by atoms with Gasteiger partial charge in [-0.15, -0.1) is 0 Å². The summed E-state index contributed by atoms with van der Waals surface area (Å²) >= 11 is 0.